The summed E-state index contributed by atoms with van der Waals surface area (Å²) < 4.78 is 0. The maximum absolute atomic E-state index is 10.9. The van der Waals surface area contributed by atoms with Crippen molar-refractivity contribution in [1.29, 1.82) is 0 Å². The highest BCUT2D eigenvalue weighted by molar-refractivity contribution is 7.99. The first-order chi connectivity index (χ1) is 6.74. The zero-order valence-electron chi connectivity index (χ0n) is 8.66. The SMILES string of the molecule is CCCC(NC1CCCSC1)C(=O)O. The molecule has 3 nitrogen and oxygen atoms in total. The van der Waals surface area contributed by atoms with E-state index in [1.807, 2.05) is 18.7 Å². The van der Waals surface area contributed by atoms with Gasteiger partial charge in [0.25, 0.3) is 0 Å². The van der Waals surface area contributed by atoms with Gasteiger partial charge < -0.3 is 10.4 Å². The molecule has 0 bridgehead atoms. The molecule has 1 aliphatic rings. The van der Waals surface area contributed by atoms with Gasteiger partial charge in [-0.3, -0.25) is 4.79 Å². The molecule has 1 aliphatic heterocycles. The van der Waals surface area contributed by atoms with E-state index < -0.39 is 5.97 Å². The molecule has 82 valence electrons. The lowest BCUT2D eigenvalue weighted by molar-refractivity contribution is -0.139. The van der Waals surface area contributed by atoms with Crippen molar-refractivity contribution >= 4 is 17.7 Å². The Kier molecular flexibility index (Phi) is 5.33. The van der Waals surface area contributed by atoms with Gasteiger partial charge in [-0.25, -0.2) is 0 Å². The van der Waals surface area contributed by atoms with Crippen LogP contribution in [0.3, 0.4) is 0 Å². The highest BCUT2D eigenvalue weighted by Gasteiger charge is 2.21. The lowest BCUT2D eigenvalue weighted by Gasteiger charge is -2.26. The summed E-state index contributed by atoms with van der Waals surface area (Å²) >= 11 is 1.92. The van der Waals surface area contributed by atoms with E-state index in [1.165, 1.54) is 12.2 Å². The van der Waals surface area contributed by atoms with Gasteiger partial charge in [0.2, 0.25) is 0 Å². The van der Waals surface area contributed by atoms with E-state index >= 15 is 0 Å². The molecule has 1 heterocycles. The molecular weight excluding hydrogens is 198 g/mol. The summed E-state index contributed by atoms with van der Waals surface area (Å²) in [6.45, 7) is 2.02. The molecule has 0 amide bonds. The van der Waals surface area contributed by atoms with Gasteiger partial charge in [0.1, 0.15) is 6.04 Å². The third-order valence-corrected chi connectivity index (χ3v) is 3.69. The van der Waals surface area contributed by atoms with Crippen LogP contribution in [0.1, 0.15) is 32.6 Å². The third-order valence-electron chi connectivity index (χ3n) is 2.47. The van der Waals surface area contributed by atoms with Crippen molar-refractivity contribution in [2.24, 2.45) is 0 Å². The molecule has 1 rings (SSSR count). The van der Waals surface area contributed by atoms with Crippen molar-refractivity contribution in [3.8, 4) is 0 Å². The van der Waals surface area contributed by atoms with Crippen molar-refractivity contribution < 1.29 is 9.90 Å². The zero-order valence-corrected chi connectivity index (χ0v) is 9.48. The van der Waals surface area contributed by atoms with E-state index in [0.29, 0.717) is 6.04 Å². The molecule has 0 radical (unpaired) electrons. The highest BCUT2D eigenvalue weighted by atomic mass is 32.2. The summed E-state index contributed by atoms with van der Waals surface area (Å²) in [6.07, 6.45) is 3.99. The number of carboxylic acid groups (broad SMARTS) is 1. The molecule has 0 aromatic rings. The molecule has 14 heavy (non-hydrogen) atoms. The molecule has 0 aromatic heterocycles. The molecule has 0 saturated carbocycles. The van der Waals surface area contributed by atoms with Crippen LogP contribution in [0.15, 0.2) is 0 Å². The van der Waals surface area contributed by atoms with Crippen LogP contribution in [0.5, 0.6) is 0 Å². The maximum atomic E-state index is 10.9. The Balaban J connectivity index is 2.33. The molecular formula is C10H19NO2S. The van der Waals surface area contributed by atoms with E-state index in [9.17, 15) is 4.79 Å². The molecule has 4 heteroatoms. The van der Waals surface area contributed by atoms with Crippen LogP contribution < -0.4 is 5.32 Å². The zero-order chi connectivity index (χ0) is 10.4. The Bertz CT molecular complexity index is 181. The number of hydrogen-bond donors (Lipinski definition) is 2. The number of carbonyl (C=O) groups is 1. The molecule has 0 aromatic carbocycles. The van der Waals surface area contributed by atoms with Crippen molar-refractivity contribution in [1.82, 2.24) is 5.32 Å². The normalized spacial score (nSPS) is 24.5. The fraction of sp³-hybridized carbons (Fsp3) is 0.900. The van der Waals surface area contributed by atoms with Crippen LogP contribution in [0, 0.1) is 0 Å². The second-order valence-corrected chi connectivity index (χ2v) is 4.91. The average Bonchev–Trinajstić information content (AvgIpc) is 2.18. The van der Waals surface area contributed by atoms with Crippen molar-refractivity contribution in [2.45, 2.75) is 44.7 Å². The van der Waals surface area contributed by atoms with Crippen LogP contribution in [-0.2, 0) is 4.79 Å². The minimum absolute atomic E-state index is 0.344. The van der Waals surface area contributed by atoms with Gasteiger partial charge in [0.15, 0.2) is 0 Å². The van der Waals surface area contributed by atoms with E-state index in [4.69, 9.17) is 5.11 Å². The van der Waals surface area contributed by atoms with E-state index in [-0.39, 0.29) is 6.04 Å². The molecule has 1 fully saturated rings. The lowest BCUT2D eigenvalue weighted by atomic mass is 10.1. The number of hydrogen-bond acceptors (Lipinski definition) is 3. The van der Waals surface area contributed by atoms with Gasteiger partial charge in [-0.2, -0.15) is 11.8 Å². The molecule has 0 spiro atoms. The molecule has 1 saturated heterocycles. The minimum atomic E-state index is -0.706. The number of thioether (sulfide) groups is 1. The fourth-order valence-electron chi connectivity index (χ4n) is 1.72. The van der Waals surface area contributed by atoms with Crippen molar-refractivity contribution in [3.63, 3.8) is 0 Å². The van der Waals surface area contributed by atoms with Gasteiger partial charge in [0.05, 0.1) is 0 Å². The topological polar surface area (TPSA) is 49.3 Å². The first-order valence-electron chi connectivity index (χ1n) is 5.30. The van der Waals surface area contributed by atoms with Gasteiger partial charge in [0, 0.05) is 11.8 Å². The first-order valence-corrected chi connectivity index (χ1v) is 6.46. The Morgan fingerprint density at radius 3 is 3.00 bits per heavy atom. The number of nitrogens with one attached hydrogen (secondary N) is 1. The Labute approximate surface area is 89.6 Å². The van der Waals surface area contributed by atoms with Crippen LogP contribution in [-0.4, -0.2) is 34.7 Å². The second kappa shape index (κ2) is 6.30. The standard InChI is InChI=1S/C10H19NO2S/c1-2-4-9(10(12)13)11-8-5-3-6-14-7-8/h8-9,11H,2-7H2,1H3,(H,12,13). The summed E-state index contributed by atoms with van der Waals surface area (Å²) in [6, 6.07) is 0.0603. The van der Waals surface area contributed by atoms with E-state index in [2.05, 4.69) is 5.32 Å². The van der Waals surface area contributed by atoms with E-state index in [1.54, 1.807) is 0 Å². The fourth-order valence-corrected chi connectivity index (χ4v) is 2.81. The van der Waals surface area contributed by atoms with Crippen molar-refractivity contribution in [2.75, 3.05) is 11.5 Å². The van der Waals surface area contributed by atoms with Crippen LogP contribution in [0.25, 0.3) is 0 Å². The molecule has 0 aliphatic carbocycles. The number of aliphatic carboxylic acids is 1. The summed E-state index contributed by atoms with van der Waals surface area (Å²) in [5, 5.41) is 12.2. The average molecular weight is 217 g/mol. The van der Waals surface area contributed by atoms with E-state index in [0.717, 1.165) is 25.0 Å². The van der Waals surface area contributed by atoms with Gasteiger partial charge in [-0.05, 0) is 25.0 Å². The van der Waals surface area contributed by atoms with Gasteiger partial charge in [-0.15, -0.1) is 0 Å². The third kappa shape index (κ3) is 3.88. The van der Waals surface area contributed by atoms with Gasteiger partial charge in [-0.1, -0.05) is 13.3 Å². The van der Waals surface area contributed by atoms with Gasteiger partial charge >= 0.3 is 5.97 Å². The second-order valence-electron chi connectivity index (χ2n) is 3.76. The van der Waals surface area contributed by atoms with Crippen LogP contribution >= 0.6 is 11.8 Å². The Morgan fingerprint density at radius 1 is 1.71 bits per heavy atom. The van der Waals surface area contributed by atoms with Crippen molar-refractivity contribution in [3.05, 3.63) is 0 Å². The Morgan fingerprint density at radius 2 is 2.50 bits per heavy atom. The number of rotatable bonds is 5. The monoisotopic (exact) mass is 217 g/mol. The highest BCUT2D eigenvalue weighted by Crippen LogP contribution is 2.17. The molecule has 2 atom stereocenters. The maximum Gasteiger partial charge on any atom is 0.320 e. The summed E-state index contributed by atoms with van der Waals surface area (Å²) in [7, 11) is 0. The lowest BCUT2D eigenvalue weighted by Crippen LogP contribution is -2.45. The summed E-state index contributed by atoms with van der Waals surface area (Å²) in [5.74, 6) is 1.58. The Hall–Kier alpha value is -0.220. The molecule has 2 unspecified atom stereocenters. The predicted molar refractivity (Wildman–Crippen MR) is 59.8 cm³/mol. The van der Waals surface area contributed by atoms with Crippen LogP contribution in [0.2, 0.25) is 0 Å². The predicted octanol–water partition coefficient (Wildman–Crippen LogP) is 1.72. The number of carboxylic acids is 1. The summed E-state index contributed by atoms with van der Waals surface area (Å²) in [4.78, 5) is 10.9. The van der Waals surface area contributed by atoms with Crippen LogP contribution in [0.4, 0.5) is 0 Å². The minimum Gasteiger partial charge on any atom is -0.480 e. The molecule has 2 N–H and O–H groups in total. The smallest absolute Gasteiger partial charge is 0.320 e. The quantitative estimate of drug-likeness (QED) is 0.736. The first kappa shape index (κ1) is 11.9. The summed E-state index contributed by atoms with van der Waals surface area (Å²) in [5.41, 5.74) is 0. The largest absolute Gasteiger partial charge is 0.480 e.